The Kier molecular flexibility index (Phi) is 4.98. The summed E-state index contributed by atoms with van der Waals surface area (Å²) in [4.78, 5) is 21.9. The van der Waals surface area contributed by atoms with Crippen LogP contribution in [0.3, 0.4) is 0 Å². The number of anilines is 2. The molecule has 4 rings (SSSR count). The fourth-order valence-electron chi connectivity index (χ4n) is 3.21. The highest BCUT2D eigenvalue weighted by Crippen LogP contribution is 2.25. The Morgan fingerprint density at radius 2 is 1.90 bits per heavy atom. The van der Waals surface area contributed by atoms with E-state index >= 15 is 0 Å². The average molecular weight is 399 g/mol. The summed E-state index contributed by atoms with van der Waals surface area (Å²) in [7, 11) is 0. The molecule has 30 heavy (non-hydrogen) atoms. The Labute approximate surface area is 173 Å². The molecular formula is C21H21N9. The molecule has 0 radical (unpaired) electrons. The van der Waals surface area contributed by atoms with Crippen molar-refractivity contribution in [2.45, 2.75) is 26.8 Å². The van der Waals surface area contributed by atoms with Crippen molar-refractivity contribution in [3.05, 3.63) is 59.9 Å². The number of imidazole rings is 1. The van der Waals surface area contributed by atoms with E-state index in [-0.39, 0.29) is 17.9 Å². The van der Waals surface area contributed by atoms with Gasteiger partial charge in [0.1, 0.15) is 11.9 Å². The van der Waals surface area contributed by atoms with E-state index in [0.717, 1.165) is 22.6 Å². The number of nitrogens with one attached hydrogen (secondary N) is 1. The van der Waals surface area contributed by atoms with Crippen molar-refractivity contribution in [3.63, 3.8) is 0 Å². The number of nitrogens with two attached hydrogens (primary N) is 1. The standard InChI is InChI=1S/C21H21N9/c1-12(2)18(17-7-4-14(8-22)9-25-17)26-21-28-19(27-20(23)29-21)15-5-6-16-10-24-13(3)30(16)11-15/h4-7,9-12,18H,1-3H3,(H3,23,26,27,28,29). The SMILES string of the molecule is Cc1ncc2ccc(-c3nc(N)nc(NC(c4ccc(C#N)cn4)C(C)C)n3)cn12. The molecule has 0 aliphatic rings. The zero-order valence-electron chi connectivity index (χ0n) is 16.9. The maximum atomic E-state index is 9.00. The lowest BCUT2D eigenvalue weighted by Gasteiger charge is -2.22. The highest BCUT2D eigenvalue weighted by Gasteiger charge is 2.19. The molecular weight excluding hydrogens is 378 g/mol. The first-order valence-corrected chi connectivity index (χ1v) is 9.53. The van der Waals surface area contributed by atoms with E-state index in [4.69, 9.17) is 11.0 Å². The molecule has 150 valence electrons. The van der Waals surface area contributed by atoms with Crippen molar-refractivity contribution in [2.75, 3.05) is 11.1 Å². The van der Waals surface area contributed by atoms with Crippen molar-refractivity contribution in [1.29, 1.82) is 5.26 Å². The molecule has 9 nitrogen and oxygen atoms in total. The van der Waals surface area contributed by atoms with E-state index in [1.165, 1.54) is 0 Å². The molecule has 4 aromatic heterocycles. The van der Waals surface area contributed by atoms with Crippen LogP contribution in [0, 0.1) is 24.2 Å². The molecule has 0 spiro atoms. The summed E-state index contributed by atoms with van der Waals surface area (Å²) in [6.45, 7) is 6.07. The number of fused-ring (bicyclic) bond motifs is 1. The van der Waals surface area contributed by atoms with Crippen LogP contribution in [0.4, 0.5) is 11.9 Å². The fraction of sp³-hybridized carbons (Fsp3) is 0.238. The van der Waals surface area contributed by atoms with Gasteiger partial charge in [0.25, 0.3) is 0 Å². The number of hydrogen-bond donors (Lipinski definition) is 2. The third-order valence-corrected chi connectivity index (χ3v) is 4.81. The highest BCUT2D eigenvalue weighted by atomic mass is 15.2. The molecule has 0 aliphatic carbocycles. The topological polar surface area (TPSA) is 131 Å². The second-order valence-electron chi connectivity index (χ2n) is 7.31. The van der Waals surface area contributed by atoms with Gasteiger partial charge in [-0.1, -0.05) is 13.8 Å². The van der Waals surface area contributed by atoms with Crippen molar-refractivity contribution in [3.8, 4) is 17.5 Å². The van der Waals surface area contributed by atoms with Crippen molar-refractivity contribution >= 4 is 17.4 Å². The van der Waals surface area contributed by atoms with Crippen LogP contribution < -0.4 is 11.1 Å². The van der Waals surface area contributed by atoms with Crippen LogP contribution >= 0.6 is 0 Å². The van der Waals surface area contributed by atoms with Gasteiger partial charge in [0, 0.05) is 18.0 Å². The number of rotatable bonds is 5. The molecule has 1 unspecified atom stereocenters. The van der Waals surface area contributed by atoms with Gasteiger partial charge in [-0.05, 0) is 37.1 Å². The van der Waals surface area contributed by atoms with Crippen LogP contribution in [0.1, 0.15) is 37.0 Å². The first kappa shape index (κ1) is 19.3. The highest BCUT2D eigenvalue weighted by molar-refractivity contribution is 5.61. The summed E-state index contributed by atoms with van der Waals surface area (Å²) < 4.78 is 1.97. The summed E-state index contributed by atoms with van der Waals surface area (Å²) in [6.07, 6.45) is 5.30. The van der Waals surface area contributed by atoms with Crippen molar-refractivity contribution in [2.24, 2.45) is 5.92 Å². The third-order valence-electron chi connectivity index (χ3n) is 4.81. The van der Waals surface area contributed by atoms with Crippen molar-refractivity contribution in [1.82, 2.24) is 29.3 Å². The molecule has 0 saturated carbocycles. The van der Waals surface area contributed by atoms with E-state index < -0.39 is 0 Å². The van der Waals surface area contributed by atoms with Gasteiger partial charge in [0.2, 0.25) is 11.9 Å². The molecule has 1 atom stereocenters. The second-order valence-corrected chi connectivity index (χ2v) is 7.31. The lowest BCUT2D eigenvalue weighted by atomic mass is 10.00. The Balaban J connectivity index is 1.69. The molecule has 0 saturated heterocycles. The normalized spacial score (nSPS) is 12.1. The first-order valence-electron chi connectivity index (χ1n) is 9.53. The van der Waals surface area contributed by atoms with Gasteiger partial charge in [0.15, 0.2) is 5.82 Å². The van der Waals surface area contributed by atoms with Gasteiger partial charge in [-0.25, -0.2) is 4.98 Å². The van der Waals surface area contributed by atoms with Gasteiger partial charge < -0.3 is 15.5 Å². The Hall–Kier alpha value is -4.06. The number of aryl methyl sites for hydroxylation is 1. The lowest BCUT2D eigenvalue weighted by molar-refractivity contribution is 0.531. The molecule has 4 heterocycles. The largest absolute Gasteiger partial charge is 0.368 e. The van der Waals surface area contributed by atoms with Gasteiger partial charge in [-0.2, -0.15) is 20.2 Å². The molecule has 0 fully saturated rings. The maximum Gasteiger partial charge on any atom is 0.228 e. The summed E-state index contributed by atoms with van der Waals surface area (Å²) >= 11 is 0. The first-order chi connectivity index (χ1) is 14.4. The molecule has 0 amide bonds. The van der Waals surface area contributed by atoms with Crippen LogP contribution in [0.2, 0.25) is 0 Å². The fourth-order valence-corrected chi connectivity index (χ4v) is 3.21. The van der Waals surface area contributed by atoms with Crippen LogP contribution in [0.15, 0.2) is 42.9 Å². The summed E-state index contributed by atoms with van der Waals surface area (Å²) in [5, 5.41) is 12.3. The number of hydrogen-bond acceptors (Lipinski definition) is 8. The van der Waals surface area contributed by atoms with E-state index in [1.54, 1.807) is 12.3 Å². The van der Waals surface area contributed by atoms with Gasteiger partial charge in [-0.15, -0.1) is 0 Å². The van der Waals surface area contributed by atoms with Gasteiger partial charge >= 0.3 is 0 Å². The minimum atomic E-state index is -0.161. The average Bonchev–Trinajstić information content (AvgIpc) is 3.12. The van der Waals surface area contributed by atoms with E-state index in [9.17, 15) is 0 Å². The number of nitrogen functional groups attached to an aromatic ring is 1. The summed E-state index contributed by atoms with van der Waals surface area (Å²) in [6, 6.07) is 9.38. The maximum absolute atomic E-state index is 9.00. The quantitative estimate of drug-likeness (QED) is 0.523. The molecule has 4 aromatic rings. The Morgan fingerprint density at radius 3 is 2.60 bits per heavy atom. The summed E-state index contributed by atoms with van der Waals surface area (Å²) in [5.41, 5.74) is 9.07. The molecule has 0 aromatic carbocycles. The van der Waals surface area contributed by atoms with E-state index in [2.05, 4.69) is 50.2 Å². The zero-order valence-corrected chi connectivity index (χ0v) is 16.9. The van der Waals surface area contributed by atoms with Crippen molar-refractivity contribution < 1.29 is 0 Å². The molecule has 0 bridgehead atoms. The van der Waals surface area contributed by atoms with Gasteiger partial charge in [0.05, 0.1) is 29.0 Å². The van der Waals surface area contributed by atoms with Crippen LogP contribution in [-0.2, 0) is 0 Å². The van der Waals surface area contributed by atoms with Crippen LogP contribution in [-0.4, -0.2) is 29.3 Å². The zero-order chi connectivity index (χ0) is 21.3. The van der Waals surface area contributed by atoms with Gasteiger partial charge in [-0.3, -0.25) is 4.98 Å². The smallest absolute Gasteiger partial charge is 0.228 e. The predicted molar refractivity (Wildman–Crippen MR) is 113 cm³/mol. The number of aromatic nitrogens is 6. The van der Waals surface area contributed by atoms with E-state index in [0.29, 0.717) is 17.3 Å². The van der Waals surface area contributed by atoms with Crippen LogP contribution in [0.5, 0.6) is 0 Å². The Bertz CT molecular complexity index is 1240. The van der Waals surface area contributed by atoms with E-state index in [1.807, 2.05) is 41.9 Å². The molecule has 9 heteroatoms. The minimum absolute atomic E-state index is 0.125. The third kappa shape index (κ3) is 3.75. The minimum Gasteiger partial charge on any atom is -0.368 e. The Morgan fingerprint density at radius 1 is 1.07 bits per heavy atom. The number of pyridine rings is 2. The molecule has 3 N–H and O–H groups in total. The number of nitriles is 1. The monoisotopic (exact) mass is 399 g/mol. The predicted octanol–water partition coefficient (Wildman–Crippen LogP) is 3.15. The second kappa shape index (κ2) is 7.75. The molecule has 0 aliphatic heterocycles. The van der Waals surface area contributed by atoms with Crippen LogP contribution in [0.25, 0.3) is 16.9 Å². The lowest BCUT2D eigenvalue weighted by Crippen LogP contribution is -2.20. The summed E-state index contributed by atoms with van der Waals surface area (Å²) in [5.74, 6) is 2.02. The number of nitrogens with zero attached hydrogens (tertiary/aromatic N) is 7.